The van der Waals surface area contributed by atoms with Crippen molar-refractivity contribution < 1.29 is 0 Å². The van der Waals surface area contributed by atoms with Gasteiger partial charge in [-0.25, -0.2) is 4.99 Å². The van der Waals surface area contributed by atoms with Crippen LogP contribution in [0.3, 0.4) is 0 Å². The lowest BCUT2D eigenvalue weighted by atomic mass is 9.67. The number of fused-ring (bicyclic) bond motifs is 7. The molecule has 7 aromatic rings. The summed E-state index contributed by atoms with van der Waals surface area (Å²) < 4.78 is 0. The summed E-state index contributed by atoms with van der Waals surface area (Å²) in [5.41, 5.74) is 15.3. The van der Waals surface area contributed by atoms with E-state index in [2.05, 4.69) is 182 Å². The van der Waals surface area contributed by atoms with Gasteiger partial charge in [0.1, 0.15) is 0 Å². The van der Waals surface area contributed by atoms with E-state index in [9.17, 15) is 0 Å². The second-order valence-electron chi connectivity index (χ2n) is 12.9. The average Bonchev–Trinajstić information content (AvgIpc) is 3.50. The fourth-order valence-electron chi connectivity index (χ4n) is 7.84. The molecule has 0 saturated carbocycles. The molecule has 2 heteroatoms. The maximum absolute atomic E-state index is 5.50. The van der Waals surface area contributed by atoms with E-state index in [1.165, 1.54) is 55.6 Å². The van der Waals surface area contributed by atoms with Crippen LogP contribution in [-0.2, 0) is 12.0 Å². The summed E-state index contributed by atoms with van der Waals surface area (Å²) >= 11 is 0. The van der Waals surface area contributed by atoms with E-state index < -0.39 is 5.41 Å². The van der Waals surface area contributed by atoms with Crippen molar-refractivity contribution in [3.8, 4) is 33.4 Å². The second-order valence-corrected chi connectivity index (χ2v) is 12.9. The summed E-state index contributed by atoms with van der Waals surface area (Å²) in [6, 6.07) is 65.4. The molecule has 0 unspecified atom stereocenters. The second kappa shape index (κ2) is 12.2. The molecule has 0 bridgehead atoms. The molecule has 0 fully saturated rings. The lowest BCUT2D eigenvalue weighted by Gasteiger charge is -2.35. The maximum Gasteiger partial charge on any atom is 0.155 e. The van der Waals surface area contributed by atoms with Crippen LogP contribution in [0.15, 0.2) is 192 Å². The Morgan fingerprint density at radius 3 is 1.37 bits per heavy atom. The highest BCUT2D eigenvalue weighted by molar-refractivity contribution is 6.13. The molecule has 49 heavy (non-hydrogen) atoms. The monoisotopic (exact) mass is 626 g/mol. The minimum Gasteiger partial charge on any atom is -0.261 e. The Hall–Kier alpha value is -6.12. The molecule has 1 spiro atoms. The van der Waals surface area contributed by atoms with Gasteiger partial charge in [0.05, 0.1) is 17.7 Å². The number of rotatable bonds is 4. The van der Waals surface area contributed by atoms with Crippen molar-refractivity contribution in [3.05, 3.63) is 215 Å². The molecule has 0 aromatic heterocycles. The zero-order valence-electron chi connectivity index (χ0n) is 27.1. The summed E-state index contributed by atoms with van der Waals surface area (Å²) in [5, 5.41) is 0. The Bertz CT molecular complexity index is 2300. The Morgan fingerprint density at radius 2 is 0.796 bits per heavy atom. The summed E-state index contributed by atoms with van der Waals surface area (Å²) in [5.74, 6) is 0.760. The van der Waals surface area contributed by atoms with Crippen LogP contribution in [-0.4, -0.2) is 11.5 Å². The minimum atomic E-state index is -0.404. The third-order valence-corrected chi connectivity index (χ3v) is 10.2. The first kappa shape index (κ1) is 29.1. The molecule has 2 aliphatic rings. The van der Waals surface area contributed by atoms with E-state index in [0.29, 0.717) is 13.0 Å². The molecular formula is C47H34N2. The minimum absolute atomic E-state index is 0.404. The summed E-state index contributed by atoms with van der Waals surface area (Å²) in [4.78, 5) is 10.8. The van der Waals surface area contributed by atoms with Gasteiger partial charge in [-0.1, -0.05) is 182 Å². The number of hydrogen-bond acceptors (Lipinski definition) is 2. The number of aliphatic imine (C=N–C) groups is 2. The molecule has 7 aromatic carbocycles. The highest BCUT2D eigenvalue weighted by Crippen LogP contribution is 2.55. The first-order chi connectivity index (χ1) is 24.3. The van der Waals surface area contributed by atoms with Gasteiger partial charge in [0.15, 0.2) is 5.84 Å². The van der Waals surface area contributed by atoms with Crippen LogP contribution in [0.25, 0.3) is 33.4 Å². The quantitative estimate of drug-likeness (QED) is 0.186. The molecule has 0 amide bonds. The average molecular weight is 627 g/mol. The van der Waals surface area contributed by atoms with Crippen molar-refractivity contribution in [2.45, 2.75) is 18.4 Å². The van der Waals surface area contributed by atoms with Crippen molar-refractivity contribution in [1.29, 1.82) is 0 Å². The highest BCUT2D eigenvalue weighted by Gasteiger charge is 2.46. The van der Waals surface area contributed by atoms with Crippen molar-refractivity contribution in [2.75, 3.05) is 0 Å². The Morgan fingerprint density at radius 1 is 0.367 bits per heavy atom. The van der Waals surface area contributed by atoms with Crippen LogP contribution in [0.2, 0.25) is 0 Å². The standard InChI is InChI=1S/C47H34N2/c1-3-13-33(14-4-1)34-23-25-35(26-24-34)36-27-29-38(30-28-36)46-48-32-39-17-7-10-20-42(39)47(31-45(49-46)37-15-5-2-6-16-37)43-21-11-8-18-40(43)41-19-9-12-22-44(41)47/h1-30H,31-32H2. The predicted molar refractivity (Wildman–Crippen MR) is 203 cm³/mol. The molecule has 0 radical (unpaired) electrons. The van der Waals surface area contributed by atoms with Gasteiger partial charge in [0, 0.05) is 12.0 Å². The van der Waals surface area contributed by atoms with E-state index in [1.54, 1.807) is 0 Å². The fraction of sp³-hybridized carbons (Fsp3) is 0.0638. The molecule has 2 nitrogen and oxygen atoms in total. The molecule has 9 rings (SSSR count). The fourth-order valence-corrected chi connectivity index (χ4v) is 7.84. The molecule has 1 aliphatic heterocycles. The van der Waals surface area contributed by atoms with Gasteiger partial charge >= 0.3 is 0 Å². The van der Waals surface area contributed by atoms with E-state index in [1.807, 2.05) is 0 Å². The third-order valence-electron chi connectivity index (χ3n) is 10.2. The highest BCUT2D eigenvalue weighted by atomic mass is 14.9. The number of hydrogen-bond donors (Lipinski definition) is 0. The predicted octanol–water partition coefficient (Wildman–Crippen LogP) is 11.2. The van der Waals surface area contributed by atoms with Gasteiger partial charge in [-0.3, -0.25) is 4.99 Å². The van der Waals surface area contributed by atoms with Crippen LogP contribution >= 0.6 is 0 Å². The van der Waals surface area contributed by atoms with Crippen molar-refractivity contribution >= 4 is 11.5 Å². The number of amidine groups is 1. The molecule has 1 aliphatic carbocycles. The SMILES string of the molecule is c1ccc(C2=NC(c3ccc(-c4ccc(-c5ccccc5)cc4)cc3)=NCc3ccccc3C3(C2)c2ccccc2-c2ccccc23)cc1. The van der Waals surface area contributed by atoms with Crippen molar-refractivity contribution in [2.24, 2.45) is 9.98 Å². The summed E-state index contributed by atoms with van der Waals surface area (Å²) in [6.07, 6.45) is 0.715. The van der Waals surface area contributed by atoms with E-state index in [4.69, 9.17) is 9.98 Å². The zero-order valence-corrected chi connectivity index (χ0v) is 27.1. The third kappa shape index (κ3) is 5.05. The van der Waals surface area contributed by atoms with Gasteiger partial charge in [0.25, 0.3) is 0 Å². The number of nitrogens with zero attached hydrogens (tertiary/aromatic N) is 2. The Kier molecular flexibility index (Phi) is 7.21. The van der Waals surface area contributed by atoms with Gasteiger partial charge in [-0.2, -0.15) is 0 Å². The smallest absolute Gasteiger partial charge is 0.155 e. The zero-order chi connectivity index (χ0) is 32.6. The largest absolute Gasteiger partial charge is 0.261 e. The normalized spacial score (nSPS) is 14.4. The van der Waals surface area contributed by atoms with Gasteiger partial charge in [0.2, 0.25) is 0 Å². The molecular weight excluding hydrogens is 593 g/mol. The molecule has 1 heterocycles. The first-order valence-corrected chi connectivity index (χ1v) is 17.0. The van der Waals surface area contributed by atoms with Crippen molar-refractivity contribution in [1.82, 2.24) is 0 Å². The van der Waals surface area contributed by atoms with Crippen LogP contribution in [0.1, 0.15) is 39.8 Å². The first-order valence-electron chi connectivity index (χ1n) is 17.0. The van der Waals surface area contributed by atoms with E-state index in [-0.39, 0.29) is 0 Å². The Labute approximate surface area is 287 Å². The maximum atomic E-state index is 5.50. The summed E-state index contributed by atoms with van der Waals surface area (Å²) in [6.45, 7) is 0.547. The molecule has 0 atom stereocenters. The van der Waals surface area contributed by atoms with Gasteiger partial charge in [-0.15, -0.1) is 0 Å². The Balaban J connectivity index is 1.17. The van der Waals surface area contributed by atoms with Crippen molar-refractivity contribution in [3.63, 3.8) is 0 Å². The number of benzene rings is 7. The molecule has 0 N–H and O–H groups in total. The molecule has 232 valence electrons. The van der Waals surface area contributed by atoms with Crippen LogP contribution < -0.4 is 0 Å². The van der Waals surface area contributed by atoms with Gasteiger partial charge in [-0.05, 0) is 61.2 Å². The summed E-state index contributed by atoms with van der Waals surface area (Å²) in [7, 11) is 0. The van der Waals surface area contributed by atoms with Crippen LogP contribution in [0.4, 0.5) is 0 Å². The van der Waals surface area contributed by atoms with Gasteiger partial charge < -0.3 is 0 Å². The van der Waals surface area contributed by atoms with Crippen LogP contribution in [0, 0.1) is 0 Å². The lowest BCUT2D eigenvalue weighted by Crippen LogP contribution is -2.31. The van der Waals surface area contributed by atoms with E-state index in [0.717, 1.165) is 22.7 Å². The van der Waals surface area contributed by atoms with Crippen LogP contribution in [0.5, 0.6) is 0 Å². The van der Waals surface area contributed by atoms with E-state index >= 15 is 0 Å². The lowest BCUT2D eigenvalue weighted by molar-refractivity contribution is 0.656. The topological polar surface area (TPSA) is 24.7 Å². The molecule has 0 saturated heterocycles.